The molecule has 0 spiro atoms. The molecule has 1 aromatic rings. The Labute approximate surface area is 115 Å². The molecule has 1 aromatic heterocycles. The Bertz CT molecular complexity index is 301. The smallest absolute Gasteiger partial charge is 0.445 e. The summed E-state index contributed by atoms with van der Waals surface area (Å²) in [6.07, 6.45) is 0.502. The van der Waals surface area contributed by atoms with E-state index in [-0.39, 0.29) is 56.9 Å². The van der Waals surface area contributed by atoms with Crippen LogP contribution in [0.3, 0.4) is 0 Å². The molecule has 7 heteroatoms. The summed E-state index contributed by atoms with van der Waals surface area (Å²) in [6.45, 7) is -3.82. The van der Waals surface area contributed by atoms with Crippen molar-refractivity contribution < 1.29 is 68.7 Å². The predicted octanol–water partition coefficient (Wildman–Crippen LogP) is -1.41. The van der Waals surface area contributed by atoms with E-state index in [4.69, 9.17) is 0 Å². The maximum atomic E-state index is 12.4. The fourth-order valence-corrected chi connectivity index (χ4v) is 0.759. The average Bonchev–Trinajstić information content (AvgIpc) is 1.92. The minimum Gasteiger partial charge on any atom is -0.445 e. The van der Waals surface area contributed by atoms with Gasteiger partial charge in [0.2, 0.25) is 5.95 Å². The van der Waals surface area contributed by atoms with E-state index in [0.29, 0.717) is 6.20 Å². The van der Waals surface area contributed by atoms with E-state index < -0.39 is 18.4 Å². The summed E-state index contributed by atoms with van der Waals surface area (Å²) in [5, 5.41) is 0. The Morgan fingerprint density at radius 3 is 2.23 bits per heavy atom. The van der Waals surface area contributed by atoms with E-state index in [1.165, 1.54) is 6.92 Å². The summed E-state index contributed by atoms with van der Waals surface area (Å²) in [5.41, 5.74) is -0.958. The molecule has 0 aliphatic heterocycles. The van der Waals surface area contributed by atoms with Gasteiger partial charge in [-0.25, -0.2) is 4.98 Å². The second-order valence-corrected chi connectivity index (χ2v) is 2.45. The molecule has 0 fully saturated rings. The van der Waals surface area contributed by atoms with Crippen LogP contribution in [0.2, 0.25) is 0 Å². The molecular formula is C6H5BF4KN. The number of halogens is 4. The average molecular weight is 217 g/mol. The van der Waals surface area contributed by atoms with Gasteiger partial charge in [-0.2, -0.15) is 4.39 Å². The first-order valence-electron chi connectivity index (χ1n) is 3.23. The maximum Gasteiger partial charge on any atom is 1.00 e. The molecule has 0 unspecified atom stereocenters. The van der Waals surface area contributed by atoms with Gasteiger partial charge in [0, 0.05) is 11.8 Å². The summed E-state index contributed by atoms with van der Waals surface area (Å²) >= 11 is 0. The molecule has 0 N–H and O–H groups in total. The van der Waals surface area contributed by atoms with E-state index in [1.54, 1.807) is 0 Å². The summed E-state index contributed by atoms with van der Waals surface area (Å²) in [6, 6.07) is 0.752. The molecule has 1 rings (SSSR count). The first kappa shape index (κ1) is 13.6. The van der Waals surface area contributed by atoms with Crippen molar-refractivity contribution in [2.45, 2.75) is 6.92 Å². The van der Waals surface area contributed by atoms with Crippen LogP contribution in [0.4, 0.5) is 17.3 Å². The van der Waals surface area contributed by atoms with E-state index in [1.807, 2.05) is 0 Å². The van der Waals surface area contributed by atoms with Crippen LogP contribution in [0, 0.1) is 12.9 Å². The van der Waals surface area contributed by atoms with Gasteiger partial charge in [-0.1, -0.05) is 11.5 Å². The van der Waals surface area contributed by atoms with Crippen LogP contribution >= 0.6 is 0 Å². The van der Waals surface area contributed by atoms with Crippen molar-refractivity contribution in [1.29, 1.82) is 0 Å². The van der Waals surface area contributed by atoms with Crippen molar-refractivity contribution in [3.63, 3.8) is 0 Å². The van der Waals surface area contributed by atoms with E-state index in [0.717, 1.165) is 6.07 Å². The summed E-state index contributed by atoms with van der Waals surface area (Å²) in [5.74, 6) is -0.862. The second kappa shape index (κ2) is 4.88. The zero-order valence-corrected chi connectivity index (χ0v) is 10.3. The van der Waals surface area contributed by atoms with Crippen molar-refractivity contribution in [3.05, 3.63) is 23.8 Å². The van der Waals surface area contributed by atoms with Gasteiger partial charge >= 0.3 is 58.4 Å². The van der Waals surface area contributed by atoms with Gasteiger partial charge in [0.15, 0.2) is 0 Å². The van der Waals surface area contributed by atoms with Crippen LogP contribution in [0.5, 0.6) is 0 Å². The van der Waals surface area contributed by atoms with Gasteiger partial charge < -0.3 is 12.9 Å². The number of nitrogens with zero attached hydrogens (tertiary/aromatic N) is 1. The Morgan fingerprint density at radius 2 is 1.85 bits per heavy atom. The normalized spacial score (nSPS) is 10.8. The molecule has 1 heterocycles. The van der Waals surface area contributed by atoms with Gasteiger partial charge in [-0.3, -0.25) is 0 Å². The molecule has 0 amide bonds. The fraction of sp³-hybridized carbons (Fsp3) is 0.167. The van der Waals surface area contributed by atoms with Gasteiger partial charge in [-0.05, 0) is 6.92 Å². The minimum absolute atomic E-state index is 0. The molecule has 13 heavy (non-hydrogen) atoms. The molecule has 0 radical (unpaired) electrons. The van der Waals surface area contributed by atoms with Crippen LogP contribution in [0.15, 0.2) is 12.3 Å². The van der Waals surface area contributed by atoms with Gasteiger partial charge in [-0.15, -0.1) is 0 Å². The molecular weight excluding hydrogens is 212 g/mol. The Kier molecular flexibility index (Phi) is 5.09. The Balaban J connectivity index is 0.00000144. The first-order chi connectivity index (χ1) is 5.41. The van der Waals surface area contributed by atoms with Gasteiger partial charge in [0.25, 0.3) is 0 Å². The number of hydrogen-bond acceptors (Lipinski definition) is 1. The quantitative estimate of drug-likeness (QED) is 0.320. The Morgan fingerprint density at radius 1 is 1.31 bits per heavy atom. The zero-order chi connectivity index (χ0) is 9.35. The summed E-state index contributed by atoms with van der Waals surface area (Å²) in [4.78, 5) is 2.97. The van der Waals surface area contributed by atoms with Gasteiger partial charge in [0.05, 0.1) is 0 Å². The molecule has 0 aliphatic carbocycles. The number of hydrogen-bond donors (Lipinski definition) is 0. The SMILES string of the molecule is Cc1cc([B-](F)(F)F)cnc1F.[K+]. The number of pyridine rings is 1. The van der Waals surface area contributed by atoms with Crippen molar-refractivity contribution in [3.8, 4) is 0 Å². The molecule has 0 saturated carbocycles. The van der Waals surface area contributed by atoms with Crippen LogP contribution in [0.25, 0.3) is 0 Å². The largest absolute Gasteiger partial charge is 1.00 e. The third kappa shape index (κ3) is 3.67. The van der Waals surface area contributed by atoms with Crippen LogP contribution in [-0.4, -0.2) is 12.0 Å². The van der Waals surface area contributed by atoms with Crippen LogP contribution in [-0.2, 0) is 0 Å². The molecule has 0 saturated heterocycles. The standard InChI is InChI=1S/C6H5BF4N.K/c1-4-2-5(7(9,10)11)3-12-6(4)8;/h2-3H,1H3;/q-1;+1. The molecule has 0 aliphatic rings. The third-order valence-electron chi connectivity index (χ3n) is 1.41. The van der Waals surface area contributed by atoms with Crippen LogP contribution in [0.1, 0.15) is 5.56 Å². The molecule has 0 aromatic carbocycles. The van der Waals surface area contributed by atoms with Crippen molar-refractivity contribution in [1.82, 2.24) is 4.98 Å². The van der Waals surface area contributed by atoms with E-state index >= 15 is 0 Å². The van der Waals surface area contributed by atoms with Crippen LogP contribution < -0.4 is 56.8 Å². The Hall–Kier alpha value is 0.571. The fourth-order valence-electron chi connectivity index (χ4n) is 0.759. The van der Waals surface area contributed by atoms with E-state index in [2.05, 4.69) is 4.98 Å². The third-order valence-corrected chi connectivity index (χ3v) is 1.41. The zero-order valence-electron chi connectivity index (χ0n) is 7.19. The monoisotopic (exact) mass is 217 g/mol. The molecule has 1 nitrogen and oxygen atoms in total. The van der Waals surface area contributed by atoms with Crippen molar-refractivity contribution in [2.24, 2.45) is 0 Å². The number of aromatic nitrogens is 1. The minimum atomic E-state index is -5.07. The number of aryl methyl sites for hydroxylation is 1. The number of rotatable bonds is 1. The molecule has 0 atom stereocenters. The summed E-state index contributed by atoms with van der Waals surface area (Å²) < 4.78 is 48.4. The summed E-state index contributed by atoms with van der Waals surface area (Å²) in [7, 11) is 0. The predicted molar refractivity (Wildman–Crippen MR) is 37.6 cm³/mol. The molecule has 66 valence electrons. The van der Waals surface area contributed by atoms with Gasteiger partial charge in [0.1, 0.15) is 0 Å². The topological polar surface area (TPSA) is 12.9 Å². The maximum absolute atomic E-state index is 12.4. The van der Waals surface area contributed by atoms with E-state index in [9.17, 15) is 17.3 Å². The van der Waals surface area contributed by atoms with Crippen molar-refractivity contribution >= 4 is 12.4 Å². The second-order valence-electron chi connectivity index (χ2n) is 2.45. The molecule has 0 bridgehead atoms. The van der Waals surface area contributed by atoms with Crippen molar-refractivity contribution in [2.75, 3.05) is 0 Å². The first-order valence-corrected chi connectivity index (χ1v) is 3.23.